The lowest BCUT2D eigenvalue weighted by atomic mass is 9.77. The van der Waals surface area contributed by atoms with Gasteiger partial charge in [-0.2, -0.15) is 0 Å². The number of hydrogen-bond donors (Lipinski definition) is 1. The van der Waals surface area contributed by atoms with Gasteiger partial charge in [0.05, 0.1) is 0 Å². The van der Waals surface area contributed by atoms with Crippen LogP contribution >= 0.6 is 0 Å². The fourth-order valence-corrected chi connectivity index (χ4v) is 4.76. The smallest absolute Gasteiger partial charge is 0.226 e. The molecule has 3 rings (SSSR count). The molecule has 1 saturated heterocycles. The maximum Gasteiger partial charge on any atom is 0.226 e. The molecular weight excluding hydrogens is 236 g/mol. The van der Waals surface area contributed by atoms with Crippen molar-refractivity contribution in [2.24, 2.45) is 23.5 Å². The van der Waals surface area contributed by atoms with Gasteiger partial charge in [-0.1, -0.05) is 19.3 Å². The molecule has 1 aliphatic heterocycles. The summed E-state index contributed by atoms with van der Waals surface area (Å²) in [4.78, 5) is 15.2. The molecule has 4 atom stereocenters. The van der Waals surface area contributed by atoms with Crippen molar-refractivity contribution in [3.63, 3.8) is 0 Å². The lowest BCUT2D eigenvalue weighted by molar-refractivity contribution is -0.143. The van der Waals surface area contributed by atoms with Crippen molar-refractivity contribution in [3.8, 4) is 0 Å². The van der Waals surface area contributed by atoms with Crippen LogP contribution in [0.1, 0.15) is 57.8 Å². The first-order valence-corrected chi connectivity index (χ1v) is 8.32. The van der Waals surface area contributed by atoms with Crippen LogP contribution in [0.5, 0.6) is 0 Å². The van der Waals surface area contributed by atoms with E-state index < -0.39 is 0 Å². The van der Waals surface area contributed by atoms with Gasteiger partial charge in [0.15, 0.2) is 0 Å². The summed E-state index contributed by atoms with van der Waals surface area (Å²) in [6.07, 6.45) is 11.3. The molecule has 0 aromatic heterocycles. The predicted molar refractivity (Wildman–Crippen MR) is 76.6 cm³/mol. The van der Waals surface area contributed by atoms with Gasteiger partial charge in [0.25, 0.3) is 0 Å². The van der Waals surface area contributed by atoms with Crippen molar-refractivity contribution in [1.29, 1.82) is 0 Å². The number of likely N-dealkylation sites (tertiary alicyclic amines) is 1. The van der Waals surface area contributed by atoms with Crippen LogP contribution in [0.3, 0.4) is 0 Å². The number of fused-ring (bicyclic) bond motifs is 1. The summed E-state index contributed by atoms with van der Waals surface area (Å²) in [5, 5.41) is 0. The normalized spacial score (nSPS) is 39.1. The average Bonchev–Trinajstić information content (AvgIpc) is 2.94. The molecule has 3 fully saturated rings. The van der Waals surface area contributed by atoms with Crippen LogP contribution in [0, 0.1) is 17.8 Å². The Hall–Kier alpha value is -0.570. The number of carbonyl (C=O) groups is 1. The fourth-order valence-electron chi connectivity index (χ4n) is 4.76. The molecule has 0 aromatic rings. The molecule has 2 saturated carbocycles. The van der Waals surface area contributed by atoms with E-state index in [4.69, 9.17) is 5.73 Å². The zero-order valence-electron chi connectivity index (χ0n) is 12.0. The summed E-state index contributed by atoms with van der Waals surface area (Å²) >= 11 is 0. The summed E-state index contributed by atoms with van der Waals surface area (Å²) < 4.78 is 0. The second kappa shape index (κ2) is 5.82. The van der Waals surface area contributed by atoms with Gasteiger partial charge in [0, 0.05) is 18.5 Å². The van der Waals surface area contributed by atoms with Crippen molar-refractivity contribution in [2.75, 3.05) is 13.1 Å². The van der Waals surface area contributed by atoms with Gasteiger partial charge in [-0.15, -0.1) is 0 Å². The maximum absolute atomic E-state index is 12.9. The Bertz CT molecular complexity index is 329. The Morgan fingerprint density at radius 2 is 1.79 bits per heavy atom. The Morgan fingerprint density at radius 1 is 1.00 bits per heavy atom. The fraction of sp³-hybridized carbons (Fsp3) is 0.938. The standard InChI is InChI=1S/C16H28N2O/c17-11-13-6-3-8-14(13)16(19)18-10-4-7-12-5-1-2-9-15(12)18/h12-15H,1-11,17H2/t12-,13?,14?,15-/m1/s1. The van der Waals surface area contributed by atoms with Crippen LogP contribution in [0.15, 0.2) is 0 Å². The van der Waals surface area contributed by atoms with Crippen LogP contribution in [-0.2, 0) is 4.79 Å². The highest BCUT2D eigenvalue weighted by molar-refractivity contribution is 5.80. The number of nitrogens with two attached hydrogens (primary N) is 1. The molecule has 0 bridgehead atoms. The van der Waals surface area contributed by atoms with Crippen LogP contribution in [0.4, 0.5) is 0 Å². The molecule has 0 radical (unpaired) electrons. The lowest BCUT2D eigenvalue weighted by Crippen LogP contribution is -2.52. The lowest BCUT2D eigenvalue weighted by Gasteiger charge is -2.45. The van der Waals surface area contributed by atoms with E-state index in [0.717, 1.165) is 25.3 Å². The molecule has 0 spiro atoms. The topological polar surface area (TPSA) is 46.3 Å². The van der Waals surface area contributed by atoms with Gasteiger partial charge in [-0.25, -0.2) is 0 Å². The number of piperidine rings is 1. The van der Waals surface area contributed by atoms with Crippen molar-refractivity contribution < 1.29 is 4.79 Å². The van der Waals surface area contributed by atoms with E-state index in [-0.39, 0.29) is 5.92 Å². The van der Waals surface area contributed by atoms with Crippen LogP contribution in [-0.4, -0.2) is 29.9 Å². The third-order valence-electron chi connectivity index (χ3n) is 5.81. The van der Waals surface area contributed by atoms with Crippen LogP contribution in [0.2, 0.25) is 0 Å². The van der Waals surface area contributed by atoms with Gasteiger partial charge in [-0.05, 0) is 56.9 Å². The largest absolute Gasteiger partial charge is 0.339 e. The molecule has 1 amide bonds. The highest BCUT2D eigenvalue weighted by Crippen LogP contribution is 2.39. The first kappa shape index (κ1) is 13.4. The SMILES string of the molecule is NCC1CCCC1C(=O)N1CCC[C@H]2CCCC[C@H]21. The van der Waals surface area contributed by atoms with Crippen LogP contribution in [0.25, 0.3) is 0 Å². The zero-order valence-corrected chi connectivity index (χ0v) is 12.0. The van der Waals surface area contributed by atoms with Gasteiger partial charge in [0.2, 0.25) is 5.91 Å². The quantitative estimate of drug-likeness (QED) is 0.833. The molecular formula is C16H28N2O. The molecule has 2 N–H and O–H groups in total. The number of nitrogens with zero attached hydrogens (tertiary/aromatic N) is 1. The molecule has 3 aliphatic rings. The summed E-state index contributed by atoms with van der Waals surface area (Å²) in [7, 11) is 0. The molecule has 19 heavy (non-hydrogen) atoms. The second-order valence-electron chi connectivity index (χ2n) is 6.82. The van der Waals surface area contributed by atoms with Crippen molar-refractivity contribution in [3.05, 3.63) is 0 Å². The van der Waals surface area contributed by atoms with E-state index >= 15 is 0 Å². The summed E-state index contributed by atoms with van der Waals surface area (Å²) in [6.45, 7) is 1.70. The van der Waals surface area contributed by atoms with E-state index in [0.29, 0.717) is 24.4 Å². The zero-order chi connectivity index (χ0) is 13.2. The average molecular weight is 264 g/mol. The Kier molecular flexibility index (Phi) is 4.11. The molecule has 2 unspecified atom stereocenters. The molecule has 0 aromatic carbocycles. The molecule has 108 valence electrons. The number of amides is 1. The van der Waals surface area contributed by atoms with Crippen LogP contribution < -0.4 is 5.73 Å². The van der Waals surface area contributed by atoms with Crippen molar-refractivity contribution in [1.82, 2.24) is 4.90 Å². The molecule has 2 aliphatic carbocycles. The first-order chi connectivity index (χ1) is 9.31. The molecule has 3 heteroatoms. The minimum absolute atomic E-state index is 0.241. The van der Waals surface area contributed by atoms with Gasteiger partial charge in [0.1, 0.15) is 0 Å². The summed E-state index contributed by atoms with van der Waals surface area (Å²) in [5.41, 5.74) is 5.85. The number of carbonyl (C=O) groups excluding carboxylic acids is 1. The number of hydrogen-bond acceptors (Lipinski definition) is 2. The Balaban J connectivity index is 1.71. The highest BCUT2D eigenvalue weighted by atomic mass is 16.2. The van der Waals surface area contributed by atoms with E-state index in [2.05, 4.69) is 4.90 Å². The third-order valence-corrected chi connectivity index (χ3v) is 5.81. The van der Waals surface area contributed by atoms with Crippen molar-refractivity contribution in [2.45, 2.75) is 63.8 Å². The summed E-state index contributed by atoms with van der Waals surface area (Å²) in [5.74, 6) is 1.94. The third kappa shape index (κ3) is 2.54. The first-order valence-electron chi connectivity index (χ1n) is 8.32. The Morgan fingerprint density at radius 3 is 2.63 bits per heavy atom. The van der Waals surface area contributed by atoms with E-state index in [1.165, 1.54) is 44.9 Å². The number of rotatable bonds is 2. The summed E-state index contributed by atoms with van der Waals surface area (Å²) in [6, 6.07) is 0.564. The predicted octanol–water partition coefficient (Wildman–Crippen LogP) is 2.54. The van der Waals surface area contributed by atoms with E-state index in [1.807, 2.05) is 0 Å². The molecule has 1 heterocycles. The minimum atomic E-state index is 0.241. The van der Waals surface area contributed by atoms with Gasteiger partial charge in [-0.3, -0.25) is 4.79 Å². The maximum atomic E-state index is 12.9. The van der Waals surface area contributed by atoms with E-state index in [9.17, 15) is 4.79 Å². The Labute approximate surface area is 116 Å². The van der Waals surface area contributed by atoms with E-state index in [1.54, 1.807) is 0 Å². The van der Waals surface area contributed by atoms with Gasteiger partial charge < -0.3 is 10.6 Å². The van der Waals surface area contributed by atoms with Gasteiger partial charge >= 0.3 is 0 Å². The second-order valence-corrected chi connectivity index (χ2v) is 6.82. The highest BCUT2D eigenvalue weighted by Gasteiger charge is 2.41. The molecule has 3 nitrogen and oxygen atoms in total. The minimum Gasteiger partial charge on any atom is -0.339 e. The van der Waals surface area contributed by atoms with Crippen molar-refractivity contribution >= 4 is 5.91 Å². The monoisotopic (exact) mass is 264 g/mol.